The molecule has 1 aliphatic heterocycles. The molecule has 0 aromatic heterocycles. The van der Waals surface area contributed by atoms with Gasteiger partial charge in [0.15, 0.2) is 0 Å². The molecule has 0 radical (unpaired) electrons. The van der Waals surface area contributed by atoms with E-state index in [1.165, 1.54) is 6.42 Å². The van der Waals surface area contributed by atoms with E-state index in [9.17, 15) is 9.90 Å². The van der Waals surface area contributed by atoms with E-state index in [1.54, 1.807) is 0 Å². The van der Waals surface area contributed by atoms with Crippen molar-refractivity contribution in [3.63, 3.8) is 0 Å². The van der Waals surface area contributed by atoms with Gasteiger partial charge in [0.05, 0.1) is 6.10 Å². The number of rotatable bonds is 2. The highest BCUT2D eigenvalue weighted by Gasteiger charge is 2.47. The normalized spacial score (nSPS) is 33.3. The van der Waals surface area contributed by atoms with Gasteiger partial charge >= 0.3 is 0 Å². The van der Waals surface area contributed by atoms with Crippen LogP contribution in [-0.4, -0.2) is 17.6 Å². The zero-order valence-electron chi connectivity index (χ0n) is 10.9. The minimum Gasteiger partial charge on any atom is -0.388 e. The van der Waals surface area contributed by atoms with Crippen LogP contribution in [0, 0.1) is 17.8 Å². The largest absolute Gasteiger partial charge is 0.388 e. The maximum Gasteiger partial charge on any atom is 0.251 e. The standard InChI is InChI=1S/C16H19NO2/c18-15(13-6-11-5-12(11)7-13)10-2-1-9-3-4-17-16(19)14(9)8-10/h1-2,8,11-13,15,18H,3-7H2,(H,17,19). The van der Waals surface area contributed by atoms with Crippen LogP contribution in [0.5, 0.6) is 0 Å². The number of hydrogen-bond donors (Lipinski definition) is 2. The number of aliphatic hydroxyl groups is 1. The second-order valence-electron chi connectivity index (χ2n) is 6.35. The summed E-state index contributed by atoms with van der Waals surface area (Å²) in [6.45, 7) is 0.722. The van der Waals surface area contributed by atoms with Crippen LogP contribution in [0.3, 0.4) is 0 Å². The molecule has 2 N–H and O–H groups in total. The summed E-state index contributed by atoms with van der Waals surface area (Å²) in [5, 5.41) is 13.4. The van der Waals surface area contributed by atoms with Crippen molar-refractivity contribution in [2.45, 2.75) is 31.8 Å². The molecule has 1 amide bonds. The van der Waals surface area contributed by atoms with Crippen molar-refractivity contribution in [1.82, 2.24) is 5.32 Å². The summed E-state index contributed by atoms with van der Waals surface area (Å²) in [5.74, 6) is 2.15. The topological polar surface area (TPSA) is 49.3 Å². The highest BCUT2D eigenvalue weighted by atomic mass is 16.3. The van der Waals surface area contributed by atoms with Crippen LogP contribution < -0.4 is 5.32 Å². The second-order valence-corrected chi connectivity index (χ2v) is 6.35. The van der Waals surface area contributed by atoms with Crippen molar-refractivity contribution in [2.75, 3.05) is 6.54 Å². The molecule has 3 atom stereocenters. The summed E-state index contributed by atoms with van der Waals surface area (Å²) in [6.07, 6.45) is 4.19. The Morgan fingerprint density at radius 3 is 2.79 bits per heavy atom. The van der Waals surface area contributed by atoms with Gasteiger partial charge in [-0.25, -0.2) is 0 Å². The van der Waals surface area contributed by atoms with Crippen molar-refractivity contribution < 1.29 is 9.90 Å². The number of fused-ring (bicyclic) bond motifs is 2. The summed E-state index contributed by atoms with van der Waals surface area (Å²) in [6, 6.07) is 5.92. The lowest BCUT2D eigenvalue weighted by Gasteiger charge is -2.22. The van der Waals surface area contributed by atoms with E-state index < -0.39 is 6.10 Å². The first kappa shape index (κ1) is 11.5. The quantitative estimate of drug-likeness (QED) is 0.852. The first-order valence-electron chi connectivity index (χ1n) is 7.31. The Hall–Kier alpha value is -1.35. The van der Waals surface area contributed by atoms with Gasteiger partial charge < -0.3 is 10.4 Å². The van der Waals surface area contributed by atoms with Crippen molar-refractivity contribution >= 4 is 5.91 Å². The fourth-order valence-electron chi connectivity index (χ4n) is 3.90. The smallest absolute Gasteiger partial charge is 0.251 e. The van der Waals surface area contributed by atoms with Crippen molar-refractivity contribution in [1.29, 1.82) is 0 Å². The average Bonchev–Trinajstić information content (AvgIpc) is 3.05. The van der Waals surface area contributed by atoms with Gasteiger partial charge in [-0.2, -0.15) is 0 Å². The minimum absolute atomic E-state index is 0.00423. The molecule has 0 bridgehead atoms. The van der Waals surface area contributed by atoms with Gasteiger partial charge in [-0.1, -0.05) is 12.1 Å². The SMILES string of the molecule is O=C1NCCc2ccc(C(O)C3CC4CC4C3)cc21. The molecule has 0 saturated heterocycles. The minimum atomic E-state index is -0.396. The number of amides is 1. The lowest BCUT2D eigenvalue weighted by molar-refractivity contribution is 0.0942. The van der Waals surface area contributed by atoms with Crippen LogP contribution in [0.2, 0.25) is 0 Å². The highest BCUT2D eigenvalue weighted by molar-refractivity contribution is 5.96. The number of aliphatic hydroxyl groups excluding tert-OH is 1. The molecule has 3 unspecified atom stereocenters. The molecule has 3 nitrogen and oxygen atoms in total. The van der Waals surface area contributed by atoms with Crippen molar-refractivity contribution in [2.24, 2.45) is 17.8 Å². The fraction of sp³-hybridized carbons (Fsp3) is 0.562. The first-order chi connectivity index (χ1) is 9.22. The van der Waals surface area contributed by atoms with Crippen LogP contribution >= 0.6 is 0 Å². The van der Waals surface area contributed by atoms with Gasteiger partial charge in [-0.05, 0) is 60.6 Å². The molecule has 2 saturated carbocycles. The molecule has 3 heteroatoms. The first-order valence-corrected chi connectivity index (χ1v) is 7.31. The molecule has 2 fully saturated rings. The Balaban J connectivity index is 1.60. The summed E-state index contributed by atoms with van der Waals surface area (Å²) in [5.41, 5.74) is 2.78. The molecule has 3 aliphatic rings. The lowest BCUT2D eigenvalue weighted by Crippen LogP contribution is -2.32. The third kappa shape index (κ3) is 1.88. The molecule has 100 valence electrons. The van der Waals surface area contributed by atoms with Crippen molar-refractivity contribution in [3.05, 3.63) is 34.9 Å². The van der Waals surface area contributed by atoms with Crippen LogP contribution in [0.1, 0.15) is 46.9 Å². The third-order valence-corrected chi connectivity index (χ3v) is 5.13. The van der Waals surface area contributed by atoms with Crippen LogP contribution in [-0.2, 0) is 6.42 Å². The number of hydrogen-bond acceptors (Lipinski definition) is 2. The van der Waals surface area contributed by atoms with Gasteiger partial charge in [0.2, 0.25) is 0 Å². The zero-order chi connectivity index (χ0) is 13.0. The number of benzene rings is 1. The summed E-state index contributed by atoms with van der Waals surface area (Å²) < 4.78 is 0. The predicted octanol–water partition coefficient (Wildman–Crippen LogP) is 2.05. The van der Waals surface area contributed by atoms with Crippen LogP contribution in [0.4, 0.5) is 0 Å². The molecule has 4 rings (SSSR count). The van der Waals surface area contributed by atoms with E-state index in [0.717, 1.165) is 54.3 Å². The number of nitrogens with one attached hydrogen (secondary N) is 1. The Morgan fingerprint density at radius 1 is 1.21 bits per heavy atom. The van der Waals surface area contributed by atoms with E-state index in [4.69, 9.17) is 0 Å². The molecule has 0 spiro atoms. The third-order valence-electron chi connectivity index (χ3n) is 5.13. The molecule has 1 aromatic rings. The van der Waals surface area contributed by atoms with E-state index in [0.29, 0.717) is 5.92 Å². The van der Waals surface area contributed by atoms with E-state index >= 15 is 0 Å². The number of carbonyl (C=O) groups excluding carboxylic acids is 1. The summed E-state index contributed by atoms with van der Waals surface area (Å²) >= 11 is 0. The maximum atomic E-state index is 11.8. The van der Waals surface area contributed by atoms with Gasteiger partial charge in [-0.3, -0.25) is 4.79 Å². The van der Waals surface area contributed by atoms with Crippen LogP contribution in [0.25, 0.3) is 0 Å². The Bertz CT molecular complexity index is 530. The molecule has 19 heavy (non-hydrogen) atoms. The summed E-state index contributed by atoms with van der Waals surface area (Å²) in [4.78, 5) is 11.8. The van der Waals surface area contributed by atoms with Gasteiger partial charge in [0.25, 0.3) is 5.91 Å². The monoisotopic (exact) mass is 257 g/mol. The second kappa shape index (κ2) is 4.07. The van der Waals surface area contributed by atoms with Gasteiger partial charge in [0, 0.05) is 12.1 Å². The lowest BCUT2D eigenvalue weighted by atomic mass is 9.89. The van der Waals surface area contributed by atoms with Gasteiger partial charge in [-0.15, -0.1) is 0 Å². The van der Waals surface area contributed by atoms with Crippen molar-refractivity contribution in [3.8, 4) is 0 Å². The molecule has 2 aliphatic carbocycles. The van der Waals surface area contributed by atoms with E-state index in [-0.39, 0.29) is 5.91 Å². The average molecular weight is 257 g/mol. The highest BCUT2D eigenvalue weighted by Crippen LogP contribution is 2.57. The molecule has 1 aromatic carbocycles. The zero-order valence-corrected chi connectivity index (χ0v) is 10.9. The van der Waals surface area contributed by atoms with E-state index in [2.05, 4.69) is 5.32 Å². The molecular formula is C16H19NO2. The fourth-order valence-corrected chi connectivity index (χ4v) is 3.90. The molecule has 1 heterocycles. The Kier molecular flexibility index (Phi) is 2.46. The van der Waals surface area contributed by atoms with E-state index in [1.807, 2.05) is 18.2 Å². The number of carbonyl (C=O) groups is 1. The predicted molar refractivity (Wildman–Crippen MR) is 71.8 cm³/mol. The Morgan fingerprint density at radius 2 is 2.00 bits per heavy atom. The Labute approximate surface area is 113 Å². The van der Waals surface area contributed by atoms with Gasteiger partial charge in [0.1, 0.15) is 0 Å². The van der Waals surface area contributed by atoms with Crippen LogP contribution in [0.15, 0.2) is 18.2 Å². The summed E-state index contributed by atoms with van der Waals surface area (Å²) in [7, 11) is 0. The molecular weight excluding hydrogens is 238 g/mol. The maximum absolute atomic E-state index is 11.8.